The van der Waals surface area contributed by atoms with Gasteiger partial charge in [0, 0.05) is 11.3 Å². The molecule has 0 spiro atoms. The van der Waals surface area contributed by atoms with Gasteiger partial charge in [0.15, 0.2) is 18.1 Å². The fourth-order valence-corrected chi connectivity index (χ4v) is 2.85. The van der Waals surface area contributed by atoms with Crippen molar-refractivity contribution in [3.05, 3.63) is 46.7 Å². The van der Waals surface area contributed by atoms with Gasteiger partial charge in [0.1, 0.15) is 0 Å². The Morgan fingerprint density at radius 1 is 1.00 bits per heavy atom. The summed E-state index contributed by atoms with van der Waals surface area (Å²) in [7, 11) is 0. The van der Waals surface area contributed by atoms with Crippen molar-refractivity contribution >= 4 is 23.2 Å². The van der Waals surface area contributed by atoms with Gasteiger partial charge in [-0.1, -0.05) is 18.2 Å². The normalized spacial score (nSPS) is 10.1. The third-order valence-electron chi connectivity index (χ3n) is 3.26. The predicted molar refractivity (Wildman–Crippen MR) is 96.6 cm³/mol. The van der Waals surface area contributed by atoms with Crippen LogP contribution in [0.4, 0.5) is 0 Å². The highest BCUT2D eigenvalue weighted by molar-refractivity contribution is 7.09. The van der Waals surface area contributed by atoms with Crippen LogP contribution in [0.1, 0.15) is 24.6 Å². The molecule has 6 nitrogen and oxygen atoms in total. The number of hydrazine groups is 1. The highest BCUT2D eigenvalue weighted by Crippen LogP contribution is 2.26. The van der Waals surface area contributed by atoms with E-state index in [0.717, 1.165) is 12.8 Å². The minimum atomic E-state index is -0.432. The monoisotopic (exact) mass is 362 g/mol. The lowest BCUT2D eigenvalue weighted by Crippen LogP contribution is -2.43. The van der Waals surface area contributed by atoms with Gasteiger partial charge in [-0.05, 0) is 43.3 Å². The van der Waals surface area contributed by atoms with E-state index in [2.05, 4.69) is 10.9 Å². The molecule has 0 radical (unpaired) electrons. The van der Waals surface area contributed by atoms with Gasteiger partial charge in [-0.15, -0.1) is 11.3 Å². The Hall–Kier alpha value is -2.54. The van der Waals surface area contributed by atoms with Crippen molar-refractivity contribution in [1.82, 2.24) is 10.9 Å². The molecule has 7 heteroatoms. The number of aryl methyl sites for hydroxylation is 1. The largest absolute Gasteiger partial charge is 0.490 e. The van der Waals surface area contributed by atoms with Crippen molar-refractivity contribution in [3.8, 4) is 11.5 Å². The van der Waals surface area contributed by atoms with Crippen LogP contribution in [0.15, 0.2) is 41.8 Å². The molecule has 134 valence electrons. The van der Waals surface area contributed by atoms with Gasteiger partial charge in [0.2, 0.25) is 5.91 Å². The van der Waals surface area contributed by atoms with Crippen molar-refractivity contribution in [3.63, 3.8) is 0 Å². The number of nitrogens with one attached hydrogen (secondary N) is 2. The minimum Gasteiger partial charge on any atom is -0.490 e. The first-order valence-electron chi connectivity index (χ1n) is 8.13. The molecular formula is C18H22N2O4S. The Morgan fingerprint density at radius 3 is 2.40 bits per heavy atom. The number of benzene rings is 1. The van der Waals surface area contributed by atoms with Crippen LogP contribution >= 0.6 is 11.3 Å². The summed E-state index contributed by atoms with van der Waals surface area (Å²) in [5.41, 5.74) is 4.74. The molecule has 0 atom stereocenters. The average Bonchev–Trinajstić information content (AvgIpc) is 3.13. The van der Waals surface area contributed by atoms with Gasteiger partial charge in [0.05, 0.1) is 6.61 Å². The van der Waals surface area contributed by atoms with E-state index in [1.807, 2.05) is 30.5 Å². The highest BCUT2D eigenvalue weighted by Gasteiger charge is 2.08. The minimum absolute atomic E-state index is 0.209. The fraction of sp³-hybridized carbons (Fsp3) is 0.333. The lowest BCUT2D eigenvalue weighted by atomic mass is 10.2. The number of para-hydroxylation sites is 2. The lowest BCUT2D eigenvalue weighted by molar-refractivity contribution is -0.130. The second-order valence-electron chi connectivity index (χ2n) is 5.20. The Kier molecular flexibility index (Phi) is 7.78. The molecule has 1 aromatic carbocycles. The van der Waals surface area contributed by atoms with Gasteiger partial charge in [-0.3, -0.25) is 20.4 Å². The smallest absolute Gasteiger partial charge is 0.276 e. The van der Waals surface area contributed by atoms with Gasteiger partial charge in [0.25, 0.3) is 5.91 Å². The van der Waals surface area contributed by atoms with Crippen molar-refractivity contribution in [2.45, 2.75) is 26.2 Å². The number of carbonyl (C=O) groups excluding carboxylic acids is 2. The molecule has 2 amide bonds. The molecule has 1 aromatic heterocycles. The van der Waals surface area contributed by atoms with Crippen molar-refractivity contribution < 1.29 is 19.1 Å². The van der Waals surface area contributed by atoms with Gasteiger partial charge in [-0.25, -0.2) is 0 Å². The molecular weight excluding hydrogens is 340 g/mol. The Labute approximate surface area is 151 Å². The maximum Gasteiger partial charge on any atom is 0.276 e. The zero-order chi connectivity index (χ0) is 17.9. The number of carbonyl (C=O) groups is 2. The van der Waals surface area contributed by atoms with E-state index in [0.29, 0.717) is 24.5 Å². The predicted octanol–water partition coefficient (Wildman–Crippen LogP) is 2.70. The number of rotatable bonds is 9. The molecule has 0 saturated carbocycles. The molecule has 0 saturated heterocycles. The first-order chi connectivity index (χ1) is 12.2. The summed E-state index contributed by atoms with van der Waals surface area (Å²) in [4.78, 5) is 24.7. The van der Waals surface area contributed by atoms with Crippen LogP contribution in [0.2, 0.25) is 0 Å². The molecule has 25 heavy (non-hydrogen) atoms. The van der Waals surface area contributed by atoms with Gasteiger partial charge >= 0.3 is 0 Å². The summed E-state index contributed by atoms with van der Waals surface area (Å²) in [6.07, 6.45) is 1.95. The molecule has 1 heterocycles. The van der Waals surface area contributed by atoms with Crippen LogP contribution in [0, 0.1) is 0 Å². The van der Waals surface area contributed by atoms with E-state index in [4.69, 9.17) is 9.47 Å². The highest BCUT2D eigenvalue weighted by atomic mass is 32.1. The standard InChI is InChI=1S/C18H22N2O4S/c1-2-23-15-9-3-4-10-16(15)24-13-18(22)20-19-17(21)11-5-7-14-8-6-12-25-14/h3-4,6,8-10,12H,2,5,7,11,13H2,1H3,(H,19,21)(H,20,22). The number of hydrogen-bond donors (Lipinski definition) is 2. The Balaban J connectivity index is 1.64. The number of ether oxygens (including phenoxy) is 2. The van der Waals surface area contributed by atoms with E-state index in [1.54, 1.807) is 29.5 Å². The molecule has 0 aliphatic heterocycles. The zero-order valence-electron chi connectivity index (χ0n) is 14.1. The van der Waals surface area contributed by atoms with E-state index < -0.39 is 5.91 Å². The first kappa shape index (κ1) is 18.8. The van der Waals surface area contributed by atoms with Crippen LogP contribution in [0.5, 0.6) is 11.5 Å². The average molecular weight is 362 g/mol. The Morgan fingerprint density at radius 2 is 1.72 bits per heavy atom. The second-order valence-corrected chi connectivity index (χ2v) is 6.23. The summed E-state index contributed by atoms with van der Waals surface area (Å²) < 4.78 is 10.8. The molecule has 0 fully saturated rings. The van der Waals surface area contributed by atoms with Crippen LogP contribution in [-0.4, -0.2) is 25.0 Å². The second kappa shape index (κ2) is 10.4. The van der Waals surface area contributed by atoms with Crippen molar-refractivity contribution in [1.29, 1.82) is 0 Å². The lowest BCUT2D eigenvalue weighted by Gasteiger charge is -2.12. The molecule has 0 unspecified atom stereocenters. The van der Waals surface area contributed by atoms with Crippen LogP contribution in [-0.2, 0) is 16.0 Å². The van der Waals surface area contributed by atoms with Gasteiger partial charge in [-0.2, -0.15) is 0 Å². The van der Waals surface area contributed by atoms with Crippen LogP contribution in [0.25, 0.3) is 0 Å². The van der Waals surface area contributed by atoms with E-state index >= 15 is 0 Å². The summed E-state index contributed by atoms with van der Waals surface area (Å²) in [5.74, 6) is 0.412. The summed E-state index contributed by atoms with van der Waals surface area (Å²) in [6, 6.07) is 11.2. The third kappa shape index (κ3) is 6.84. The van der Waals surface area contributed by atoms with Crippen molar-refractivity contribution in [2.24, 2.45) is 0 Å². The van der Waals surface area contributed by atoms with Crippen LogP contribution in [0.3, 0.4) is 0 Å². The quantitative estimate of drug-likeness (QED) is 0.673. The SMILES string of the molecule is CCOc1ccccc1OCC(=O)NNC(=O)CCCc1cccs1. The number of amides is 2. The topological polar surface area (TPSA) is 76.7 Å². The number of thiophene rings is 1. The van der Waals surface area contributed by atoms with Gasteiger partial charge < -0.3 is 9.47 Å². The van der Waals surface area contributed by atoms with Crippen molar-refractivity contribution in [2.75, 3.05) is 13.2 Å². The van der Waals surface area contributed by atoms with E-state index in [-0.39, 0.29) is 12.5 Å². The molecule has 0 aliphatic carbocycles. The first-order valence-corrected chi connectivity index (χ1v) is 9.01. The maximum absolute atomic E-state index is 11.8. The third-order valence-corrected chi connectivity index (χ3v) is 4.19. The fourth-order valence-electron chi connectivity index (χ4n) is 2.10. The summed E-state index contributed by atoms with van der Waals surface area (Å²) in [5, 5.41) is 2.01. The summed E-state index contributed by atoms with van der Waals surface area (Å²) in [6.45, 7) is 2.17. The molecule has 2 N–H and O–H groups in total. The molecule has 0 aliphatic rings. The number of hydrogen-bond acceptors (Lipinski definition) is 5. The Bertz CT molecular complexity index is 673. The summed E-state index contributed by atoms with van der Waals surface area (Å²) >= 11 is 1.67. The molecule has 2 aromatic rings. The van der Waals surface area contributed by atoms with E-state index in [9.17, 15) is 9.59 Å². The zero-order valence-corrected chi connectivity index (χ0v) is 14.9. The maximum atomic E-state index is 11.8. The molecule has 0 bridgehead atoms. The van der Waals surface area contributed by atoms with Crippen LogP contribution < -0.4 is 20.3 Å². The molecule has 2 rings (SSSR count). The van der Waals surface area contributed by atoms with E-state index in [1.165, 1.54) is 4.88 Å².